The molecular formula is C31H47ClN8O3. The van der Waals surface area contributed by atoms with Crippen molar-refractivity contribution in [2.24, 2.45) is 28.5 Å². The Kier molecular flexibility index (Phi) is 11.8. The molecule has 1 amide bonds. The molecule has 2 aromatic rings. The van der Waals surface area contributed by atoms with Crippen molar-refractivity contribution in [1.82, 2.24) is 14.9 Å². The van der Waals surface area contributed by atoms with E-state index in [1.165, 1.54) is 50.5 Å². The Morgan fingerprint density at radius 3 is 2.49 bits per heavy atom. The summed E-state index contributed by atoms with van der Waals surface area (Å²) in [6.45, 7) is 7.85. The van der Waals surface area contributed by atoms with Gasteiger partial charge in [0.2, 0.25) is 0 Å². The van der Waals surface area contributed by atoms with Gasteiger partial charge < -0.3 is 31.9 Å². The molecule has 3 aliphatic rings. The maximum absolute atomic E-state index is 10.9. The van der Waals surface area contributed by atoms with Crippen LogP contribution in [0.25, 0.3) is 0 Å². The first kappa shape index (κ1) is 32.8. The highest BCUT2D eigenvalue weighted by Crippen LogP contribution is 2.34. The van der Waals surface area contributed by atoms with Crippen molar-refractivity contribution in [3.05, 3.63) is 40.7 Å². The summed E-state index contributed by atoms with van der Waals surface area (Å²) in [4.78, 5) is 25.1. The number of aromatic nitrogens is 2. The summed E-state index contributed by atoms with van der Waals surface area (Å²) in [5, 5.41) is 16.5. The van der Waals surface area contributed by atoms with Crippen molar-refractivity contribution < 1.29 is 14.6 Å². The molecule has 0 spiro atoms. The lowest BCUT2D eigenvalue weighted by atomic mass is 9.80. The van der Waals surface area contributed by atoms with E-state index in [1.54, 1.807) is 0 Å². The average molecular weight is 615 g/mol. The number of hydrogen-bond donors (Lipinski definition) is 5. The van der Waals surface area contributed by atoms with E-state index < -0.39 is 6.09 Å². The highest BCUT2D eigenvalue weighted by atomic mass is 35.5. The summed E-state index contributed by atoms with van der Waals surface area (Å²) < 4.78 is 5.46. The second kappa shape index (κ2) is 15.5. The highest BCUT2D eigenvalue weighted by molar-refractivity contribution is 6.30. The van der Waals surface area contributed by atoms with Gasteiger partial charge in [-0.05, 0) is 75.1 Å². The molecule has 0 radical (unpaired) electrons. The average Bonchev–Trinajstić information content (AvgIpc) is 2.93. The zero-order valence-corrected chi connectivity index (χ0v) is 26.3. The fourth-order valence-electron chi connectivity index (χ4n) is 5.80. The number of ether oxygens (including phenoxy) is 1. The van der Waals surface area contributed by atoms with Crippen molar-refractivity contribution in [1.29, 1.82) is 0 Å². The molecule has 1 aromatic carbocycles. The quantitative estimate of drug-likeness (QED) is 0.186. The number of likely N-dealkylation sites (N-methyl/N-ethyl adjacent to an activating group) is 1. The summed E-state index contributed by atoms with van der Waals surface area (Å²) in [5.74, 6) is 2.54. The minimum absolute atomic E-state index is 0.0188. The van der Waals surface area contributed by atoms with Gasteiger partial charge in [-0.2, -0.15) is 4.99 Å². The molecule has 7 N–H and O–H groups in total. The largest absolute Gasteiger partial charge is 0.463 e. The molecule has 43 heavy (non-hydrogen) atoms. The molecule has 1 aliphatic heterocycles. The summed E-state index contributed by atoms with van der Waals surface area (Å²) >= 11 is 5.84. The Labute approximate surface area is 259 Å². The molecule has 1 saturated heterocycles. The van der Waals surface area contributed by atoms with E-state index in [2.05, 4.69) is 63.5 Å². The van der Waals surface area contributed by atoms with Gasteiger partial charge in [0.1, 0.15) is 5.69 Å². The van der Waals surface area contributed by atoms with Crippen LogP contribution < -0.4 is 22.1 Å². The van der Waals surface area contributed by atoms with Gasteiger partial charge in [0.25, 0.3) is 0 Å². The van der Waals surface area contributed by atoms with Crippen LogP contribution in [0.2, 0.25) is 5.02 Å². The SMILES string of the molecule is CC1CCC(CNc2c(N)nc(/C(N)=N/C(=O)O)nc2N[C@H](C)C2CCC2)CC1.CN1CCOCC1c1ccc(Cl)cc1. The van der Waals surface area contributed by atoms with Gasteiger partial charge in [-0.1, -0.05) is 49.9 Å². The zero-order valence-electron chi connectivity index (χ0n) is 25.6. The number of nitrogens with zero attached hydrogens (tertiary/aromatic N) is 4. The normalized spacial score (nSPS) is 23.8. The van der Waals surface area contributed by atoms with E-state index in [9.17, 15) is 4.79 Å². The molecule has 236 valence electrons. The standard InChI is InChI=1S/C20H33N7O2.C11H14ClNO/c1-11-6-8-13(9-7-11)10-23-15-16(21)25-19(17(22)26-20(28)29)27-18(15)24-12(2)14-4-3-5-14;1-13-6-7-14-8-11(13)9-2-4-10(12)5-3-9/h11-14,23H,3-10H2,1-2H3,(H2,22,26)(H,28,29)(H3,21,24,25,27);2-5,11H,6-8H2,1H3/t11?,12-,13?;/m1./s1. The number of amidine groups is 1. The highest BCUT2D eigenvalue weighted by Gasteiger charge is 2.26. The Balaban J connectivity index is 0.000000251. The molecule has 2 aliphatic carbocycles. The number of nitrogens with one attached hydrogen (secondary N) is 2. The number of anilines is 3. The van der Waals surface area contributed by atoms with E-state index in [0.717, 1.165) is 37.2 Å². The molecule has 5 rings (SSSR count). The lowest BCUT2D eigenvalue weighted by molar-refractivity contribution is 0.00506. The molecule has 2 heterocycles. The van der Waals surface area contributed by atoms with Gasteiger partial charge in [0.05, 0.1) is 19.3 Å². The summed E-state index contributed by atoms with van der Waals surface area (Å²) in [7, 11) is 2.13. The van der Waals surface area contributed by atoms with Crippen LogP contribution in [0.3, 0.4) is 0 Å². The van der Waals surface area contributed by atoms with Gasteiger partial charge in [0.15, 0.2) is 23.3 Å². The third-order valence-corrected chi connectivity index (χ3v) is 9.21. The molecule has 3 fully saturated rings. The van der Waals surface area contributed by atoms with Gasteiger partial charge in [0, 0.05) is 24.2 Å². The molecule has 1 aromatic heterocycles. The first-order valence-electron chi connectivity index (χ1n) is 15.4. The predicted octanol–water partition coefficient (Wildman–Crippen LogP) is 5.62. The van der Waals surface area contributed by atoms with Crippen molar-refractivity contribution in [2.75, 3.05) is 49.7 Å². The summed E-state index contributed by atoms with van der Waals surface area (Å²) in [6, 6.07) is 8.59. The first-order valence-corrected chi connectivity index (χ1v) is 15.8. The maximum Gasteiger partial charge on any atom is 0.433 e. The number of morpholine rings is 1. The molecule has 0 bridgehead atoms. The molecule has 2 atom stereocenters. The van der Waals surface area contributed by atoms with Crippen molar-refractivity contribution >= 4 is 40.9 Å². The number of halogens is 1. The third kappa shape index (κ3) is 9.42. The number of benzene rings is 1. The number of carboxylic acid groups (broad SMARTS) is 1. The fraction of sp³-hybridized carbons (Fsp3) is 0.613. The van der Waals surface area contributed by atoms with Crippen LogP contribution in [0.1, 0.15) is 76.2 Å². The van der Waals surface area contributed by atoms with Crippen molar-refractivity contribution in [3.8, 4) is 0 Å². The number of amides is 1. The molecule has 12 heteroatoms. The zero-order chi connectivity index (χ0) is 30.9. The van der Waals surface area contributed by atoms with Crippen LogP contribution >= 0.6 is 11.6 Å². The number of hydrogen-bond acceptors (Lipinski definition) is 8. The van der Waals surface area contributed by atoms with Gasteiger partial charge in [-0.3, -0.25) is 4.90 Å². The molecule has 1 unspecified atom stereocenters. The van der Waals surface area contributed by atoms with Gasteiger partial charge >= 0.3 is 6.09 Å². The minimum Gasteiger partial charge on any atom is -0.463 e. The lowest BCUT2D eigenvalue weighted by Gasteiger charge is -2.33. The summed E-state index contributed by atoms with van der Waals surface area (Å²) in [6.07, 6.45) is 7.14. The maximum atomic E-state index is 10.9. The van der Waals surface area contributed by atoms with E-state index >= 15 is 0 Å². The molecular weight excluding hydrogens is 568 g/mol. The lowest BCUT2D eigenvalue weighted by Crippen LogP contribution is -2.36. The number of nitrogen functional groups attached to an aromatic ring is 1. The Morgan fingerprint density at radius 2 is 1.88 bits per heavy atom. The number of nitrogens with two attached hydrogens (primary N) is 2. The topological polar surface area (TPSA) is 164 Å². The van der Waals surface area contributed by atoms with Gasteiger partial charge in [-0.15, -0.1) is 0 Å². The van der Waals surface area contributed by atoms with E-state index in [0.29, 0.717) is 29.4 Å². The minimum atomic E-state index is -1.39. The number of carbonyl (C=O) groups is 1. The third-order valence-electron chi connectivity index (χ3n) is 8.96. The molecule has 2 saturated carbocycles. The fourth-order valence-corrected chi connectivity index (χ4v) is 5.93. The Bertz CT molecular complexity index is 1230. The Morgan fingerprint density at radius 1 is 1.19 bits per heavy atom. The van der Waals surface area contributed by atoms with Crippen LogP contribution in [0.15, 0.2) is 29.3 Å². The second-order valence-electron chi connectivity index (χ2n) is 12.2. The van der Waals surface area contributed by atoms with Crippen LogP contribution in [-0.4, -0.2) is 71.3 Å². The van der Waals surface area contributed by atoms with E-state index in [1.807, 2.05) is 12.1 Å². The smallest absolute Gasteiger partial charge is 0.433 e. The van der Waals surface area contributed by atoms with Crippen LogP contribution in [0.5, 0.6) is 0 Å². The van der Waals surface area contributed by atoms with Crippen LogP contribution in [0.4, 0.5) is 22.1 Å². The number of aliphatic imine (C=N–C) groups is 1. The second-order valence-corrected chi connectivity index (χ2v) is 12.6. The predicted molar refractivity (Wildman–Crippen MR) is 173 cm³/mol. The van der Waals surface area contributed by atoms with Crippen molar-refractivity contribution in [3.63, 3.8) is 0 Å². The first-order chi connectivity index (χ1) is 20.6. The van der Waals surface area contributed by atoms with Gasteiger partial charge in [-0.25, -0.2) is 14.8 Å². The molecule has 11 nitrogen and oxygen atoms in total. The Hall–Kier alpha value is -3.15. The van der Waals surface area contributed by atoms with Crippen molar-refractivity contribution in [2.45, 2.75) is 70.9 Å². The summed E-state index contributed by atoms with van der Waals surface area (Å²) in [5.41, 5.74) is 13.9. The van der Waals surface area contributed by atoms with Crippen LogP contribution in [-0.2, 0) is 4.74 Å². The number of rotatable bonds is 8. The van der Waals surface area contributed by atoms with Crippen LogP contribution in [0, 0.1) is 17.8 Å². The van der Waals surface area contributed by atoms with E-state index in [4.69, 9.17) is 32.9 Å². The van der Waals surface area contributed by atoms with E-state index in [-0.39, 0.29) is 23.5 Å². The monoisotopic (exact) mass is 614 g/mol.